The van der Waals surface area contributed by atoms with E-state index in [-0.39, 0.29) is 12.0 Å². The van der Waals surface area contributed by atoms with Gasteiger partial charge in [-0.15, -0.1) is 0 Å². The van der Waals surface area contributed by atoms with Crippen LogP contribution in [0.25, 0.3) is 0 Å². The largest absolute Gasteiger partial charge is 0.494 e. The number of anilines is 1. The maximum atomic E-state index is 13.0. The van der Waals surface area contributed by atoms with Crippen LogP contribution < -0.4 is 15.0 Å². The summed E-state index contributed by atoms with van der Waals surface area (Å²) >= 11 is 0. The van der Waals surface area contributed by atoms with E-state index in [0.717, 1.165) is 37.4 Å². The number of para-hydroxylation sites is 1. The molecule has 7 nitrogen and oxygen atoms in total. The van der Waals surface area contributed by atoms with Gasteiger partial charge < -0.3 is 14.8 Å². The molecule has 2 aliphatic heterocycles. The summed E-state index contributed by atoms with van der Waals surface area (Å²) in [5, 5.41) is 2.83. The lowest BCUT2D eigenvalue weighted by atomic mass is 9.77. The Morgan fingerprint density at radius 2 is 1.88 bits per heavy atom. The summed E-state index contributed by atoms with van der Waals surface area (Å²) in [5.74, 6) is 0.692. The van der Waals surface area contributed by atoms with Crippen molar-refractivity contribution in [2.75, 3.05) is 44.3 Å². The molecule has 7 heteroatoms. The van der Waals surface area contributed by atoms with E-state index in [4.69, 9.17) is 9.47 Å². The van der Waals surface area contributed by atoms with Crippen LogP contribution in [0.2, 0.25) is 0 Å². The van der Waals surface area contributed by atoms with E-state index in [1.54, 1.807) is 4.90 Å². The van der Waals surface area contributed by atoms with Gasteiger partial charge in [0.2, 0.25) is 0 Å². The lowest BCUT2D eigenvalue weighted by Crippen LogP contribution is -2.49. The van der Waals surface area contributed by atoms with Gasteiger partial charge in [-0.25, -0.2) is 4.79 Å². The van der Waals surface area contributed by atoms with Crippen LogP contribution in [0, 0.1) is 5.41 Å². The normalized spacial score (nSPS) is 21.0. The molecule has 0 saturated carbocycles. The van der Waals surface area contributed by atoms with Crippen LogP contribution in [0.1, 0.15) is 31.7 Å². The second-order valence-electron chi connectivity index (χ2n) is 8.78. The number of hydrogen-bond donors (Lipinski definition) is 1. The monoisotopic (exact) mass is 451 g/mol. The number of likely N-dealkylation sites (tertiary alicyclic amines) is 1. The summed E-state index contributed by atoms with van der Waals surface area (Å²) in [6.07, 6.45) is 2.37. The van der Waals surface area contributed by atoms with Crippen LogP contribution in [-0.2, 0) is 16.1 Å². The molecule has 2 fully saturated rings. The first-order valence-corrected chi connectivity index (χ1v) is 11.8. The minimum atomic E-state index is -0.559. The summed E-state index contributed by atoms with van der Waals surface area (Å²) < 4.78 is 11.4. The number of urea groups is 1. The van der Waals surface area contributed by atoms with Crippen molar-refractivity contribution in [1.82, 2.24) is 10.2 Å². The fraction of sp³-hybridized carbons (Fsp3) is 0.462. The van der Waals surface area contributed by atoms with Gasteiger partial charge in [0.05, 0.1) is 18.6 Å². The minimum Gasteiger partial charge on any atom is -0.494 e. The van der Waals surface area contributed by atoms with Crippen molar-refractivity contribution in [2.24, 2.45) is 5.41 Å². The maximum absolute atomic E-state index is 13.0. The molecule has 0 bridgehead atoms. The highest BCUT2D eigenvalue weighted by atomic mass is 16.5. The third kappa shape index (κ3) is 5.66. The van der Waals surface area contributed by atoms with E-state index < -0.39 is 5.41 Å². The number of amides is 2. The third-order valence-electron chi connectivity index (χ3n) is 6.47. The highest BCUT2D eigenvalue weighted by Gasteiger charge is 2.43. The van der Waals surface area contributed by atoms with Gasteiger partial charge in [-0.3, -0.25) is 14.6 Å². The van der Waals surface area contributed by atoms with Crippen molar-refractivity contribution in [3.63, 3.8) is 0 Å². The molecule has 0 aromatic heterocycles. The minimum absolute atomic E-state index is 0.0456. The number of esters is 1. The Morgan fingerprint density at radius 1 is 1.09 bits per heavy atom. The Balaban J connectivity index is 1.40. The molecule has 0 spiro atoms. The van der Waals surface area contributed by atoms with Gasteiger partial charge in [-0.05, 0) is 62.6 Å². The van der Waals surface area contributed by atoms with Gasteiger partial charge in [0.15, 0.2) is 0 Å². The number of carbonyl (C=O) groups excluding carboxylic acids is 2. The van der Waals surface area contributed by atoms with E-state index in [9.17, 15) is 9.59 Å². The Kier molecular flexibility index (Phi) is 7.50. The molecule has 2 aromatic rings. The highest BCUT2D eigenvalue weighted by molar-refractivity contribution is 5.93. The number of benzene rings is 2. The molecule has 0 aliphatic carbocycles. The molecule has 176 valence electrons. The second-order valence-corrected chi connectivity index (χ2v) is 8.78. The molecular formula is C26H33N3O4. The van der Waals surface area contributed by atoms with Crippen LogP contribution in [0.15, 0.2) is 54.6 Å². The Bertz CT molecular complexity index is 934. The van der Waals surface area contributed by atoms with Gasteiger partial charge >= 0.3 is 12.0 Å². The number of rotatable bonds is 9. The number of ether oxygens (including phenoxy) is 2. The van der Waals surface area contributed by atoms with Gasteiger partial charge in [-0.2, -0.15) is 0 Å². The number of hydrogen-bond acceptors (Lipinski definition) is 5. The third-order valence-corrected chi connectivity index (χ3v) is 6.47. The van der Waals surface area contributed by atoms with Crippen molar-refractivity contribution < 1.29 is 19.1 Å². The number of nitrogens with one attached hydrogen (secondary N) is 1. The molecule has 2 heterocycles. The van der Waals surface area contributed by atoms with Gasteiger partial charge in [0.1, 0.15) is 5.75 Å². The quantitative estimate of drug-likeness (QED) is 0.587. The Labute approximate surface area is 195 Å². The van der Waals surface area contributed by atoms with Gasteiger partial charge in [0, 0.05) is 31.9 Å². The molecule has 33 heavy (non-hydrogen) atoms. The van der Waals surface area contributed by atoms with Crippen molar-refractivity contribution in [3.8, 4) is 5.75 Å². The lowest BCUT2D eigenvalue weighted by Gasteiger charge is -2.41. The van der Waals surface area contributed by atoms with E-state index in [2.05, 4.69) is 22.3 Å². The first-order valence-electron chi connectivity index (χ1n) is 11.8. The summed E-state index contributed by atoms with van der Waals surface area (Å²) in [6, 6.07) is 17.8. The molecular weight excluding hydrogens is 418 g/mol. The summed E-state index contributed by atoms with van der Waals surface area (Å²) in [6.45, 7) is 6.43. The number of nitrogens with zero attached hydrogens (tertiary/aromatic N) is 2. The van der Waals surface area contributed by atoms with E-state index >= 15 is 0 Å². The average Bonchev–Trinajstić information content (AvgIpc) is 3.26. The van der Waals surface area contributed by atoms with E-state index in [1.165, 1.54) is 5.56 Å². The molecule has 2 saturated heterocycles. The highest BCUT2D eigenvalue weighted by Crippen LogP contribution is 2.36. The first-order chi connectivity index (χ1) is 16.1. The van der Waals surface area contributed by atoms with Gasteiger partial charge in [-0.1, -0.05) is 30.3 Å². The number of piperidine rings is 1. The zero-order valence-corrected chi connectivity index (χ0v) is 19.3. The molecule has 2 aliphatic rings. The topological polar surface area (TPSA) is 71.1 Å². The predicted octanol–water partition coefficient (Wildman–Crippen LogP) is 3.83. The van der Waals surface area contributed by atoms with Crippen molar-refractivity contribution in [1.29, 1.82) is 0 Å². The Morgan fingerprint density at radius 3 is 2.58 bits per heavy atom. The van der Waals surface area contributed by atoms with Crippen LogP contribution in [0.5, 0.6) is 5.75 Å². The molecule has 4 rings (SSSR count). The molecule has 0 radical (unpaired) electrons. The number of carbonyl (C=O) groups is 2. The van der Waals surface area contributed by atoms with Crippen LogP contribution >= 0.6 is 0 Å². The zero-order valence-electron chi connectivity index (χ0n) is 19.3. The lowest BCUT2D eigenvalue weighted by molar-refractivity contribution is -0.160. The van der Waals surface area contributed by atoms with Crippen molar-refractivity contribution >= 4 is 17.7 Å². The molecule has 1 atom stereocenters. The second kappa shape index (κ2) is 10.7. The molecule has 1 N–H and O–H groups in total. The molecule has 2 aromatic carbocycles. The summed E-state index contributed by atoms with van der Waals surface area (Å²) in [4.78, 5) is 29.0. The van der Waals surface area contributed by atoms with E-state index in [0.29, 0.717) is 39.3 Å². The van der Waals surface area contributed by atoms with Gasteiger partial charge in [0.25, 0.3) is 0 Å². The maximum Gasteiger partial charge on any atom is 0.321 e. The molecule has 2 amide bonds. The van der Waals surface area contributed by atoms with Crippen LogP contribution in [0.3, 0.4) is 0 Å². The molecule has 0 unspecified atom stereocenters. The van der Waals surface area contributed by atoms with Crippen LogP contribution in [0.4, 0.5) is 10.5 Å². The summed E-state index contributed by atoms with van der Waals surface area (Å²) in [7, 11) is 0. The fourth-order valence-electron chi connectivity index (χ4n) is 4.76. The standard InChI is InChI=1S/C26H33N3O4/c1-2-32-24(30)26(14-18-33-23-7-4-3-5-8-23)13-6-16-28(20-26)19-21-9-11-22(12-10-21)29-17-15-27-25(29)31/h3-5,7-12H,2,6,13-20H2,1H3,(H,27,31)/t26-/m0/s1. The Hall–Kier alpha value is -3.06. The predicted molar refractivity (Wildman–Crippen MR) is 127 cm³/mol. The zero-order chi connectivity index (χ0) is 23.1. The summed E-state index contributed by atoms with van der Waals surface area (Å²) in [5.41, 5.74) is 1.52. The van der Waals surface area contributed by atoms with Crippen molar-refractivity contribution in [2.45, 2.75) is 32.7 Å². The fourth-order valence-corrected chi connectivity index (χ4v) is 4.76. The van der Waals surface area contributed by atoms with Crippen LogP contribution in [-0.4, -0.2) is 56.3 Å². The average molecular weight is 452 g/mol. The SMILES string of the molecule is CCOC(=O)[C@]1(CCOc2ccccc2)CCCN(Cc2ccc(N3CCNC3=O)cc2)C1. The first kappa shape index (κ1) is 23.1. The smallest absolute Gasteiger partial charge is 0.321 e. The van der Waals surface area contributed by atoms with E-state index in [1.807, 2.05) is 49.4 Å². The van der Waals surface area contributed by atoms with Crippen molar-refractivity contribution in [3.05, 3.63) is 60.2 Å².